The van der Waals surface area contributed by atoms with Gasteiger partial charge < -0.3 is 20.8 Å². The summed E-state index contributed by atoms with van der Waals surface area (Å²) < 4.78 is 7.65. The first-order valence-corrected chi connectivity index (χ1v) is 13.4. The topological polar surface area (TPSA) is 128 Å². The molecule has 0 radical (unpaired) electrons. The number of aromatic amines is 1. The van der Waals surface area contributed by atoms with Crippen molar-refractivity contribution in [2.24, 2.45) is 5.73 Å². The molecule has 0 unspecified atom stereocenters. The molecule has 0 bridgehead atoms. The molecule has 1 atom stereocenters. The Labute approximate surface area is 240 Å². The van der Waals surface area contributed by atoms with E-state index in [1.807, 2.05) is 42.6 Å². The molecule has 40 heavy (non-hydrogen) atoms. The number of nitrogens with two attached hydrogens (primary N) is 1. The number of aromatic nitrogens is 4. The number of hydrogen-bond donors (Lipinski definition) is 3. The largest absolute Gasteiger partial charge is 0.478 e. The fourth-order valence-electron chi connectivity index (χ4n) is 4.34. The van der Waals surface area contributed by atoms with Crippen LogP contribution < -0.4 is 15.8 Å². The summed E-state index contributed by atoms with van der Waals surface area (Å²) in [5.74, 6) is -0.420. The molecule has 11 heteroatoms. The van der Waals surface area contributed by atoms with Crippen molar-refractivity contribution in [2.45, 2.75) is 25.3 Å². The van der Waals surface area contributed by atoms with Gasteiger partial charge in [-0.3, -0.25) is 14.6 Å². The van der Waals surface area contributed by atoms with E-state index in [1.54, 1.807) is 41.3 Å². The van der Waals surface area contributed by atoms with Crippen LogP contribution in [-0.4, -0.2) is 44.2 Å². The molecule has 0 saturated carbocycles. The van der Waals surface area contributed by atoms with Gasteiger partial charge in [0.1, 0.15) is 6.04 Å². The van der Waals surface area contributed by atoms with Gasteiger partial charge in [0.15, 0.2) is 0 Å². The van der Waals surface area contributed by atoms with Crippen molar-refractivity contribution >= 4 is 45.9 Å². The van der Waals surface area contributed by atoms with Gasteiger partial charge in [-0.15, -0.1) is 0 Å². The molecule has 3 aromatic heterocycles. The summed E-state index contributed by atoms with van der Waals surface area (Å²) in [5, 5.41) is 9.23. The number of carbonyl (C=O) groups excluding carboxylic acids is 2. The molecule has 0 spiro atoms. The van der Waals surface area contributed by atoms with Gasteiger partial charge in [-0.1, -0.05) is 41.4 Å². The summed E-state index contributed by atoms with van der Waals surface area (Å²) in [4.78, 5) is 32.1. The number of nitrogens with one attached hydrogen (secondary N) is 2. The Bertz CT molecular complexity index is 1650. The van der Waals surface area contributed by atoms with Gasteiger partial charge in [0.25, 0.3) is 0 Å². The van der Waals surface area contributed by atoms with E-state index in [4.69, 9.17) is 33.7 Å². The van der Waals surface area contributed by atoms with E-state index < -0.39 is 11.9 Å². The van der Waals surface area contributed by atoms with Gasteiger partial charge in [0.05, 0.1) is 28.0 Å². The molecule has 4 N–H and O–H groups in total. The first-order valence-electron chi connectivity index (χ1n) is 12.6. The average molecular weight is 577 g/mol. The number of primary amides is 1. The molecule has 5 aromatic rings. The zero-order valence-electron chi connectivity index (χ0n) is 21.3. The van der Waals surface area contributed by atoms with E-state index in [0.29, 0.717) is 40.1 Å². The van der Waals surface area contributed by atoms with Crippen LogP contribution in [0.2, 0.25) is 10.0 Å². The molecule has 204 valence electrons. The molecule has 2 amide bonds. The second-order valence-electron chi connectivity index (χ2n) is 9.16. The van der Waals surface area contributed by atoms with Crippen molar-refractivity contribution in [1.82, 2.24) is 25.1 Å². The van der Waals surface area contributed by atoms with Crippen molar-refractivity contribution < 1.29 is 14.3 Å². The number of nitrogens with zero attached hydrogens (tertiary/aromatic N) is 3. The van der Waals surface area contributed by atoms with Crippen molar-refractivity contribution in [2.75, 3.05) is 6.61 Å². The van der Waals surface area contributed by atoms with E-state index in [9.17, 15) is 9.59 Å². The molecule has 9 nitrogen and oxygen atoms in total. The Morgan fingerprint density at radius 1 is 1.07 bits per heavy atom. The van der Waals surface area contributed by atoms with Crippen LogP contribution in [0.3, 0.4) is 0 Å². The average Bonchev–Trinajstić information content (AvgIpc) is 3.57. The van der Waals surface area contributed by atoms with Gasteiger partial charge in [-0.25, -0.2) is 4.68 Å². The number of para-hydroxylation sites is 1. The number of ether oxygens (including phenoxy) is 1. The summed E-state index contributed by atoms with van der Waals surface area (Å²) in [5.41, 5.74) is 9.60. The third kappa shape index (κ3) is 6.27. The number of fused-ring (bicyclic) bond motifs is 1. The molecule has 0 saturated heterocycles. The van der Waals surface area contributed by atoms with Gasteiger partial charge in [0.2, 0.25) is 17.7 Å². The van der Waals surface area contributed by atoms with E-state index in [0.717, 1.165) is 22.0 Å². The number of pyridine rings is 1. The summed E-state index contributed by atoms with van der Waals surface area (Å²) in [6.07, 6.45) is 6.07. The van der Waals surface area contributed by atoms with Crippen LogP contribution in [0, 0.1) is 0 Å². The number of H-pyrrole nitrogens is 1. The first-order chi connectivity index (χ1) is 19.4. The lowest BCUT2D eigenvalue weighted by molar-refractivity contribution is -0.127. The minimum Gasteiger partial charge on any atom is -0.478 e. The zero-order chi connectivity index (χ0) is 28.1. The third-order valence-electron chi connectivity index (χ3n) is 6.36. The third-order valence-corrected chi connectivity index (χ3v) is 7.10. The lowest BCUT2D eigenvalue weighted by Gasteiger charge is -2.15. The van der Waals surface area contributed by atoms with Crippen molar-refractivity contribution in [3.8, 4) is 22.8 Å². The highest BCUT2D eigenvalue weighted by atomic mass is 35.5. The van der Waals surface area contributed by atoms with Crippen LogP contribution >= 0.6 is 23.2 Å². The van der Waals surface area contributed by atoms with Gasteiger partial charge in [-0.05, 0) is 48.4 Å². The first kappa shape index (κ1) is 27.2. The second kappa shape index (κ2) is 12.2. The summed E-state index contributed by atoms with van der Waals surface area (Å²) >= 11 is 12.3. The monoisotopic (exact) mass is 576 g/mol. The predicted octanol–water partition coefficient (Wildman–Crippen LogP) is 5.09. The molecule has 2 aromatic carbocycles. The Hall–Kier alpha value is -4.34. The lowest BCUT2D eigenvalue weighted by atomic mass is 10.0. The number of carbonyl (C=O) groups is 2. The zero-order valence-corrected chi connectivity index (χ0v) is 22.8. The van der Waals surface area contributed by atoms with E-state index in [2.05, 4.69) is 20.4 Å². The fraction of sp³-hybridized carbons (Fsp3) is 0.172. The lowest BCUT2D eigenvalue weighted by Crippen LogP contribution is -2.45. The number of amides is 2. The number of benzene rings is 2. The Morgan fingerprint density at radius 2 is 1.93 bits per heavy atom. The minimum absolute atomic E-state index is 0.147. The Morgan fingerprint density at radius 3 is 2.70 bits per heavy atom. The Kier molecular flexibility index (Phi) is 8.33. The van der Waals surface area contributed by atoms with Crippen LogP contribution in [-0.2, 0) is 16.0 Å². The van der Waals surface area contributed by atoms with Crippen LogP contribution in [0.1, 0.15) is 18.4 Å². The van der Waals surface area contributed by atoms with Gasteiger partial charge in [0, 0.05) is 54.0 Å². The molecule has 0 fully saturated rings. The van der Waals surface area contributed by atoms with Crippen LogP contribution in [0.25, 0.3) is 27.8 Å². The number of halogens is 2. The molecule has 5 rings (SSSR count). The minimum atomic E-state index is -0.828. The van der Waals surface area contributed by atoms with Gasteiger partial charge in [-0.2, -0.15) is 5.10 Å². The van der Waals surface area contributed by atoms with Crippen molar-refractivity contribution in [3.05, 3.63) is 94.9 Å². The molecule has 0 aliphatic rings. The standard InChI is InChI=1S/C29H26Cl2N6O3/c30-22-10-9-20(14-23(22)31)37-28(15-25(36-37)18-5-3-11-33-16-18)40-12-4-8-27(38)35-26(29(32)39)13-19-17-34-24-7-2-1-6-21(19)24/h1-3,5-7,9-11,14-17,26,34H,4,8,12-13H2,(H2,32,39)(H,35,38)/t26-/m0/s1. The van der Waals surface area contributed by atoms with Crippen molar-refractivity contribution in [1.29, 1.82) is 0 Å². The Balaban J connectivity index is 1.22. The molecule has 3 heterocycles. The second-order valence-corrected chi connectivity index (χ2v) is 9.97. The maximum atomic E-state index is 12.7. The summed E-state index contributed by atoms with van der Waals surface area (Å²) in [6, 6.07) is 17.6. The van der Waals surface area contributed by atoms with Gasteiger partial charge >= 0.3 is 0 Å². The van der Waals surface area contributed by atoms with Crippen LogP contribution in [0.5, 0.6) is 5.88 Å². The van der Waals surface area contributed by atoms with E-state index in [-0.39, 0.29) is 18.9 Å². The normalized spacial score (nSPS) is 11.8. The maximum Gasteiger partial charge on any atom is 0.240 e. The van der Waals surface area contributed by atoms with E-state index in [1.165, 1.54) is 0 Å². The van der Waals surface area contributed by atoms with Crippen LogP contribution in [0.4, 0.5) is 0 Å². The fourth-order valence-corrected chi connectivity index (χ4v) is 4.64. The highest BCUT2D eigenvalue weighted by Gasteiger charge is 2.20. The van der Waals surface area contributed by atoms with E-state index >= 15 is 0 Å². The maximum absolute atomic E-state index is 12.7. The van der Waals surface area contributed by atoms with Crippen molar-refractivity contribution in [3.63, 3.8) is 0 Å². The molecule has 0 aliphatic heterocycles. The molecular weight excluding hydrogens is 551 g/mol. The SMILES string of the molecule is NC(=O)[C@H](Cc1c[nH]c2ccccc12)NC(=O)CCCOc1cc(-c2cccnc2)nn1-c1ccc(Cl)c(Cl)c1. The summed E-state index contributed by atoms with van der Waals surface area (Å²) in [7, 11) is 0. The smallest absolute Gasteiger partial charge is 0.240 e. The number of hydrogen-bond acceptors (Lipinski definition) is 5. The molecular formula is C29H26Cl2N6O3. The summed E-state index contributed by atoms with van der Waals surface area (Å²) in [6.45, 7) is 0.233. The number of rotatable bonds is 11. The highest BCUT2D eigenvalue weighted by Crippen LogP contribution is 2.30. The predicted molar refractivity (Wildman–Crippen MR) is 155 cm³/mol. The molecule has 0 aliphatic carbocycles. The highest BCUT2D eigenvalue weighted by molar-refractivity contribution is 6.42. The van der Waals surface area contributed by atoms with Crippen LogP contribution in [0.15, 0.2) is 79.3 Å². The quantitative estimate of drug-likeness (QED) is 0.188.